The lowest BCUT2D eigenvalue weighted by Gasteiger charge is -2.33. The Kier molecular flexibility index (Phi) is 3.68. The van der Waals surface area contributed by atoms with Gasteiger partial charge in [-0.3, -0.25) is 0 Å². The Balaban J connectivity index is 1.93. The van der Waals surface area contributed by atoms with E-state index < -0.39 is 0 Å². The second-order valence-corrected chi connectivity index (χ2v) is 6.99. The van der Waals surface area contributed by atoms with Crippen LogP contribution < -0.4 is 5.32 Å². The summed E-state index contributed by atoms with van der Waals surface area (Å²) in [7, 11) is 0. The van der Waals surface area contributed by atoms with Gasteiger partial charge in [0.25, 0.3) is 0 Å². The molecule has 1 aliphatic rings. The molecule has 98 valence electrons. The highest BCUT2D eigenvalue weighted by Crippen LogP contribution is 2.37. The van der Waals surface area contributed by atoms with Crippen molar-refractivity contribution < 1.29 is 0 Å². The van der Waals surface area contributed by atoms with Crippen molar-refractivity contribution in [2.75, 3.05) is 5.32 Å². The molecular formula is C16H15Br2N. The third kappa shape index (κ3) is 2.72. The standard InChI is InChI=1S/C16H15Br2N/c1-10-8-12-9-14(18)6-7-15(12)19-16(10)11-2-4-13(17)5-3-11/h2-7,9-10,16,19H,8H2,1H3. The minimum Gasteiger partial charge on any atom is -0.378 e. The first-order chi connectivity index (χ1) is 9.13. The van der Waals surface area contributed by atoms with E-state index in [9.17, 15) is 0 Å². The van der Waals surface area contributed by atoms with Gasteiger partial charge in [0.1, 0.15) is 0 Å². The van der Waals surface area contributed by atoms with Crippen LogP contribution in [0.1, 0.15) is 24.1 Å². The highest BCUT2D eigenvalue weighted by molar-refractivity contribution is 9.10. The lowest BCUT2D eigenvalue weighted by Crippen LogP contribution is -2.26. The van der Waals surface area contributed by atoms with Crippen molar-refractivity contribution in [3.63, 3.8) is 0 Å². The van der Waals surface area contributed by atoms with Gasteiger partial charge in [-0.05, 0) is 53.8 Å². The molecule has 1 aliphatic heterocycles. The molecule has 1 N–H and O–H groups in total. The van der Waals surface area contributed by atoms with Crippen LogP contribution in [0.25, 0.3) is 0 Å². The maximum Gasteiger partial charge on any atom is 0.0542 e. The smallest absolute Gasteiger partial charge is 0.0542 e. The number of halogens is 2. The topological polar surface area (TPSA) is 12.0 Å². The molecule has 0 saturated heterocycles. The second-order valence-electron chi connectivity index (χ2n) is 5.16. The van der Waals surface area contributed by atoms with Gasteiger partial charge in [0.2, 0.25) is 0 Å². The largest absolute Gasteiger partial charge is 0.378 e. The molecule has 1 heterocycles. The first-order valence-electron chi connectivity index (χ1n) is 6.44. The zero-order valence-corrected chi connectivity index (χ0v) is 13.8. The number of rotatable bonds is 1. The zero-order chi connectivity index (χ0) is 13.4. The van der Waals surface area contributed by atoms with Gasteiger partial charge in [-0.2, -0.15) is 0 Å². The summed E-state index contributed by atoms with van der Waals surface area (Å²) in [4.78, 5) is 0. The van der Waals surface area contributed by atoms with Crippen molar-refractivity contribution in [2.45, 2.75) is 19.4 Å². The summed E-state index contributed by atoms with van der Waals surface area (Å²) < 4.78 is 2.28. The molecule has 2 aromatic rings. The fourth-order valence-electron chi connectivity index (χ4n) is 2.73. The van der Waals surface area contributed by atoms with Crippen molar-refractivity contribution in [1.29, 1.82) is 0 Å². The van der Waals surface area contributed by atoms with Crippen molar-refractivity contribution in [3.8, 4) is 0 Å². The minimum absolute atomic E-state index is 0.391. The van der Waals surface area contributed by atoms with Crippen LogP contribution in [0, 0.1) is 5.92 Å². The van der Waals surface area contributed by atoms with E-state index in [1.54, 1.807) is 0 Å². The zero-order valence-electron chi connectivity index (χ0n) is 10.7. The molecule has 0 fully saturated rings. The Bertz CT molecular complexity index is 592. The van der Waals surface area contributed by atoms with Crippen LogP contribution in [0.3, 0.4) is 0 Å². The van der Waals surface area contributed by atoms with Crippen molar-refractivity contribution in [3.05, 3.63) is 62.5 Å². The van der Waals surface area contributed by atoms with E-state index in [2.05, 4.69) is 86.6 Å². The van der Waals surface area contributed by atoms with E-state index in [1.807, 2.05) is 0 Å². The summed E-state index contributed by atoms with van der Waals surface area (Å²) in [5.41, 5.74) is 4.01. The Hall–Kier alpha value is -0.800. The molecule has 3 heteroatoms. The predicted molar refractivity (Wildman–Crippen MR) is 87.5 cm³/mol. The van der Waals surface area contributed by atoms with E-state index in [-0.39, 0.29) is 0 Å². The fourth-order valence-corrected chi connectivity index (χ4v) is 3.40. The molecule has 2 aromatic carbocycles. The van der Waals surface area contributed by atoms with E-state index in [0.29, 0.717) is 12.0 Å². The third-order valence-electron chi connectivity index (χ3n) is 3.72. The van der Waals surface area contributed by atoms with Crippen LogP contribution in [0.5, 0.6) is 0 Å². The maximum atomic E-state index is 3.67. The van der Waals surface area contributed by atoms with Crippen LogP contribution in [0.4, 0.5) is 5.69 Å². The number of hydrogen-bond donors (Lipinski definition) is 1. The molecule has 0 bridgehead atoms. The van der Waals surface area contributed by atoms with Gasteiger partial charge >= 0.3 is 0 Å². The van der Waals surface area contributed by atoms with Crippen LogP contribution in [0.2, 0.25) is 0 Å². The van der Waals surface area contributed by atoms with Crippen LogP contribution in [-0.2, 0) is 6.42 Å². The molecule has 19 heavy (non-hydrogen) atoms. The van der Waals surface area contributed by atoms with Gasteiger partial charge in [0.15, 0.2) is 0 Å². The fraction of sp³-hybridized carbons (Fsp3) is 0.250. The molecule has 1 nitrogen and oxygen atoms in total. The highest BCUT2D eigenvalue weighted by Gasteiger charge is 2.25. The van der Waals surface area contributed by atoms with Crippen LogP contribution in [-0.4, -0.2) is 0 Å². The quantitative estimate of drug-likeness (QED) is 0.683. The number of anilines is 1. The van der Waals surface area contributed by atoms with Crippen molar-refractivity contribution >= 4 is 37.5 Å². The third-order valence-corrected chi connectivity index (χ3v) is 4.74. The average Bonchev–Trinajstić information content (AvgIpc) is 2.39. The molecular weight excluding hydrogens is 366 g/mol. The summed E-state index contributed by atoms with van der Waals surface area (Å²) >= 11 is 7.04. The Labute approximate surface area is 130 Å². The van der Waals surface area contributed by atoms with E-state index in [0.717, 1.165) is 15.4 Å². The minimum atomic E-state index is 0.391. The molecule has 3 rings (SSSR count). The van der Waals surface area contributed by atoms with Gasteiger partial charge in [0.05, 0.1) is 6.04 Å². The van der Waals surface area contributed by atoms with E-state index in [4.69, 9.17) is 0 Å². The van der Waals surface area contributed by atoms with E-state index >= 15 is 0 Å². The maximum absolute atomic E-state index is 3.67. The van der Waals surface area contributed by atoms with Crippen LogP contribution in [0.15, 0.2) is 51.4 Å². The molecule has 2 unspecified atom stereocenters. The van der Waals surface area contributed by atoms with Crippen LogP contribution >= 0.6 is 31.9 Å². The lowest BCUT2D eigenvalue weighted by molar-refractivity contribution is 0.479. The molecule has 0 aliphatic carbocycles. The van der Waals surface area contributed by atoms with Gasteiger partial charge in [-0.1, -0.05) is 50.9 Å². The highest BCUT2D eigenvalue weighted by atomic mass is 79.9. The first-order valence-corrected chi connectivity index (χ1v) is 8.02. The Morgan fingerprint density at radius 2 is 1.68 bits per heavy atom. The monoisotopic (exact) mass is 379 g/mol. The Morgan fingerprint density at radius 1 is 1.00 bits per heavy atom. The van der Waals surface area contributed by atoms with Gasteiger partial charge in [-0.25, -0.2) is 0 Å². The van der Waals surface area contributed by atoms with Gasteiger partial charge in [0, 0.05) is 14.6 Å². The normalized spacial score (nSPS) is 21.6. The molecule has 0 aromatic heterocycles. The molecule has 0 saturated carbocycles. The van der Waals surface area contributed by atoms with E-state index in [1.165, 1.54) is 16.8 Å². The molecule has 0 amide bonds. The van der Waals surface area contributed by atoms with Gasteiger partial charge < -0.3 is 5.32 Å². The number of benzene rings is 2. The Morgan fingerprint density at radius 3 is 2.42 bits per heavy atom. The number of hydrogen-bond acceptors (Lipinski definition) is 1. The first kappa shape index (κ1) is 13.2. The predicted octanol–water partition coefficient (Wildman–Crippen LogP) is 5.56. The summed E-state index contributed by atoms with van der Waals surface area (Å²) in [6.45, 7) is 2.31. The number of fused-ring (bicyclic) bond motifs is 1. The number of nitrogens with one attached hydrogen (secondary N) is 1. The SMILES string of the molecule is CC1Cc2cc(Br)ccc2NC1c1ccc(Br)cc1. The van der Waals surface area contributed by atoms with Crippen molar-refractivity contribution in [2.24, 2.45) is 5.92 Å². The summed E-state index contributed by atoms with van der Waals surface area (Å²) in [6, 6.07) is 15.5. The summed E-state index contributed by atoms with van der Waals surface area (Å²) in [5.74, 6) is 0.586. The second kappa shape index (κ2) is 5.29. The molecule has 2 atom stereocenters. The van der Waals surface area contributed by atoms with Gasteiger partial charge in [-0.15, -0.1) is 0 Å². The summed E-state index contributed by atoms with van der Waals surface area (Å²) in [6.07, 6.45) is 1.11. The molecule has 0 radical (unpaired) electrons. The van der Waals surface area contributed by atoms with Crippen molar-refractivity contribution in [1.82, 2.24) is 0 Å². The average molecular weight is 381 g/mol. The summed E-state index contributed by atoms with van der Waals surface area (Å²) in [5, 5.41) is 3.67. The lowest BCUT2D eigenvalue weighted by atomic mass is 9.85. The molecule has 0 spiro atoms.